The van der Waals surface area contributed by atoms with Crippen LogP contribution in [0.1, 0.15) is 38.2 Å². The molecule has 0 unspecified atom stereocenters. The molecule has 1 saturated heterocycles. The van der Waals surface area contributed by atoms with Crippen molar-refractivity contribution in [3.05, 3.63) is 29.8 Å². The number of benzene rings is 1. The van der Waals surface area contributed by atoms with Gasteiger partial charge < -0.3 is 20.3 Å². The number of nitrogens with one attached hydrogen (secondary N) is 2. The summed E-state index contributed by atoms with van der Waals surface area (Å²) in [6.07, 6.45) is 5.13. The zero-order valence-corrected chi connectivity index (χ0v) is 18.6. The fourth-order valence-corrected chi connectivity index (χ4v) is 2.96. The van der Waals surface area contributed by atoms with Gasteiger partial charge in [0, 0.05) is 13.1 Å². The number of halogens is 1. The van der Waals surface area contributed by atoms with Crippen LogP contribution in [-0.2, 0) is 0 Å². The monoisotopic (exact) mass is 474 g/mol. The van der Waals surface area contributed by atoms with E-state index in [2.05, 4.69) is 46.5 Å². The van der Waals surface area contributed by atoms with Gasteiger partial charge in [0.05, 0.1) is 6.54 Å². The van der Waals surface area contributed by atoms with Gasteiger partial charge >= 0.3 is 0 Å². The molecule has 0 aliphatic carbocycles. The average Bonchev–Trinajstić information content (AvgIpc) is 3.13. The van der Waals surface area contributed by atoms with Crippen molar-refractivity contribution < 1.29 is 4.74 Å². The molecular weight excluding hydrogens is 439 g/mol. The van der Waals surface area contributed by atoms with E-state index in [-0.39, 0.29) is 24.0 Å². The summed E-state index contributed by atoms with van der Waals surface area (Å²) in [6.45, 7) is 11.1. The number of likely N-dealkylation sites (tertiary alicyclic amines) is 1. The molecule has 1 heterocycles. The van der Waals surface area contributed by atoms with Gasteiger partial charge in [0.25, 0.3) is 0 Å². The molecule has 1 aromatic rings. The summed E-state index contributed by atoms with van der Waals surface area (Å²) in [7, 11) is 0. The van der Waals surface area contributed by atoms with Crippen molar-refractivity contribution in [3.8, 4) is 5.75 Å². The molecule has 2 N–H and O–H groups in total. The Morgan fingerprint density at radius 2 is 1.85 bits per heavy atom. The largest absolute Gasteiger partial charge is 0.492 e. The Hall–Kier alpha value is -1.02. The molecule has 148 valence electrons. The number of aliphatic imine (C=N–C) groups is 1. The molecule has 1 aromatic carbocycles. The van der Waals surface area contributed by atoms with Crippen LogP contribution in [0.4, 0.5) is 0 Å². The fourth-order valence-electron chi connectivity index (χ4n) is 2.96. The number of guanidine groups is 1. The molecule has 0 radical (unpaired) electrons. The predicted octanol–water partition coefficient (Wildman–Crippen LogP) is 3.42. The molecule has 1 fully saturated rings. The van der Waals surface area contributed by atoms with Crippen LogP contribution >= 0.6 is 24.0 Å². The topological polar surface area (TPSA) is 48.9 Å². The van der Waals surface area contributed by atoms with Gasteiger partial charge in [-0.15, -0.1) is 24.0 Å². The van der Waals surface area contributed by atoms with Crippen LogP contribution in [0.5, 0.6) is 5.75 Å². The Morgan fingerprint density at radius 1 is 1.12 bits per heavy atom. The first-order valence-electron chi connectivity index (χ1n) is 9.72. The molecule has 1 aliphatic rings. The van der Waals surface area contributed by atoms with Crippen LogP contribution < -0.4 is 15.4 Å². The van der Waals surface area contributed by atoms with Gasteiger partial charge in [-0.2, -0.15) is 0 Å². The summed E-state index contributed by atoms with van der Waals surface area (Å²) in [6, 6.07) is 8.15. The maximum absolute atomic E-state index is 5.74. The summed E-state index contributed by atoms with van der Waals surface area (Å²) in [5, 5.41) is 6.63. The first-order chi connectivity index (χ1) is 12.3. The normalized spacial score (nSPS) is 14.8. The maximum Gasteiger partial charge on any atom is 0.191 e. The van der Waals surface area contributed by atoms with Gasteiger partial charge in [-0.25, -0.2) is 0 Å². The molecule has 1 aliphatic heterocycles. The molecular formula is C20H35IN4O. The first kappa shape index (κ1) is 23.0. The molecule has 0 amide bonds. The summed E-state index contributed by atoms with van der Waals surface area (Å²) in [5.74, 6) is 1.80. The third kappa shape index (κ3) is 9.62. The smallest absolute Gasteiger partial charge is 0.191 e. The second-order valence-electron chi connectivity index (χ2n) is 6.60. The Labute approximate surface area is 176 Å². The molecule has 2 rings (SSSR count). The van der Waals surface area contributed by atoms with Crippen LogP contribution in [-0.4, -0.2) is 56.7 Å². The van der Waals surface area contributed by atoms with Crippen molar-refractivity contribution in [2.24, 2.45) is 4.99 Å². The van der Waals surface area contributed by atoms with E-state index in [0.29, 0.717) is 6.61 Å². The van der Waals surface area contributed by atoms with Crippen LogP contribution in [0.15, 0.2) is 29.3 Å². The number of hydrogen-bond acceptors (Lipinski definition) is 3. The van der Waals surface area contributed by atoms with Crippen LogP contribution in [0.3, 0.4) is 0 Å². The second kappa shape index (κ2) is 14.1. The van der Waals surface area contributed by atoms with Crippen molar-refractivity contribution >= 4 is 29.9 Å². The second-order valence-corrected chi connectivity index (χ2v) is 6.60. The predicted molar refractivity (Wildman–Crippen MR) is 121 cm³/mol. The van der Waals surface area contributed by atoms with E-state index >= 15 is 0 Å². The van der Waals surface area contributed by atoms with E-state index < -0.39 is 0 Å². The highest BCUT2D eigenvalue weighted by atomic mass is 127. The highest BCUT2D eigenvalue weighted by molar-refractivity contribution is 14.0. The van der Waals surface area contributed by atoms with E-state index in [4.69, 9.17) is 4.74 Å². The van der Waals surface area contributed by atoms with Gasteiger partial charge in [0.1, 0.15) is 12.4 Å². The minimum absolute atomic E-state index is 0. The molecule has 0 aromatic heterocycles. The molecule has 5 nitrogen and oxygen atoms in total. The number of unbranched alkanes of at least 4 members (excludes halogenated alkanes) is 1. The van der Waals surface area contributed by atoms with Gasteiger partial charge in [0.2, 0.25) is 0 Å². The van der Waals surface area contributed by atoms with Gasteiger partial charge in [-0.05, 0) is 71.3 Å². The minimum Gasteiger partial charge on any atom is -0.492 e. The van der Waals surface area contributed by atoms with Crippen molar-refractivity contribution in [3.63, 3.8) is 0 Å². The van der Waals surface area contributed by atoms with Crippen LogP contribution in [0, 0.1) is 6.92 Å². The van der Waals surface area contributed by atoms with Crippen molar-refractivity contribution in [2.45, 2.75) is 39.5 Å². The van der Waals surface area contributed by atoms with E-state index in [1.54, 1.807) is 0 Å². The van der Waals surface area contributed by atoms with Crippen molar-refractivity contribution in [1.82, 2.24) is 15.5 Å². The van der Waals surface area contributed by atoms with Crippen LogP contribution in [0.25, 0.3) is 0 Å². The van der Waals surface area contributed by atoms with E-state index in [1.807, 2.05) is 12.1 Å². The number of rotatable bonds is 10. The van der Waals surface area contributed by atoms with Crippen LogP contribution in [0.2, 0.25) is 0 Å². The molecule has 0 atom stereocenters. The van der Waals surface area contributed by atoms with Gasteiger partial charge in [0.15, 0.2) is 5.96 Å². The Kier molecular flexibility index (Phi) is 12.5. The zero-order chi connectivity index (χ0) is 17.7. The lowest BCUT2D eigenvalue weighted by Gasteiger charge is -2.14. The first-order valence-corrected chi connectivity index (χ1v) is 9.72. The summed E-state index contributed by atoms with van der Waals surface area (Å²) >= 11 is 0. The van der Waals surface area contributed by atoms with E-state index in [9.17, 15) is 0 Å². The SMILES string of the molecule is CCNC(=NCCCCN1CCCC1)NCCOc1ccc(C)cc1.I. The summed E-state index contributed by atoms with van der Waals surface area (Å²) < 4.78 is 5.74. The Balaban J connectivity index is 0.00000338. The number of hydrogen-bond donors (Lipinski definition) is 2. The van der Waals surface area contributed by atoms with Gasteiger partial charge in [-0.1, -0.05) is 17.7 Å². The average molecular weight is 474 g/mol. The Morgan fingerprint density at radius 3 is 2.54 bits per heavy atom. The van der Waals surface area contributed by atoms with E-state index in [1.165, 1.54) is 44.5 Å². The third-order valence-corrected chi connectivity index (χ3v) is 4.38. The molecule has 0 spiro atoms. The fraction of sp³-hybridized carbons (Fsp3) is 0.650. The van der Waals surface area contributed by atoms with Crippen molar-refractivity contribution in [2.75, 3.05) is 45.9 Å². The maximum atomic E-state index is 5.74. The molecule has 0 bridgehead atoms. The highest BCUT2D eigenvalue weighted by Crippen LogP contribution is 2.10. The number of ether oxygens (including phenoxy) is 1. The standard InChI is InChI=1S/C20H34N4O.HI/c1-3-21-20(22-12-4-5-14-24-15-6-7-16-24)23-13-17-25-19-10-8-18(2)9-11-19;/h8-11H,3-7,12-17H2,1-2H3,(H2,21,22,23);1H. The summed E-state index contributed by atoms with van der Waals surface area (Å²) in [4.78, 5) is 7.22. The van der Waals surface area contributed by atoms with Gasteiger partial charge in [-0.3, -0.25) is 4.99 Å². The third-order valence-electron chi connectivity index (χ3n) is 4.38. The minimum atomic E-state index is 0. The molecule has 6 heteroatoms. The lowest BCUT2D eigenvalue weighted by atomic mass is 10.2. The number of nitrogens with zero attached hydrogens (tertiary/aromatic N) is 2. The molecule has 26 heavy (non-hydrogen) atoms. The van der Waals surface area contributed by atoms with Crippen molar-refractivity contribution in [1.29, 1.82) is 0 Å². The molecule has 0 saturated carbocycles. The lowest BCUT2D eigenvalue weighted by molar-refractivity contribution is 0.321. The summed E-state index contributed by atoms with van der Waals surface area (Å²) in [5.41, 5.74) is 1.25. The Bertz CT molecular complexity index is 501. The number of aryl methyl sites for hydroxylation is 1. The lowest BCUT2D eigenvalue weighted by Crippen LogP contribution is -2.39. The highest BCUT2D eigenvalue weighted by Gasteiger charge is 2.09. The van der Waals surface area contributed by atoms with E-state index in [0.717, 1.165) is 37.8 Å². The zero-order valence-electron chi connectivity index (χ0n) is 16.3. The quantitative estimate of drug-likeness (QED) is 0.236.